The largest absolute Gasteiger partial charge is 0.381 e. The molecule has 0 saturated carbocycles. The van der Waals surface area contributed by atoms with Crippen molar-refractivity contribution in [2.45, 2.75) is 31.8 Å². The van der Waals surface area contributed by atoms with E-state index in [4.69, 9.17) is 9.47 Å². The van der Waals surface area contributed by atoms with Gasteiger partial charge in [-0.2, -0.15) is 0 Å². The van der Waals surface area contributed by atoms with Gasteiger partial charge < -0.3 is 9.47 Å². The molecule has 3 nitrogen and oxygen atoms in total. The van der Waals surface area contributed by atoms with Crippen molar-refractivity contribution in [1.82, 2.24) is 0 Å². The molecule has 0 aliphatic carbocycles. The minimum absolute atomic E-state index is 0.0867. The summed E-state index contributed by atoms with van der Waals surface area (Å²) in [5.74, 6) is 0.0867. The van der Waals surface area contributed by atoms with E-state index in [2.05, 4.69) is 6.92 Å². The van der Waals surface area contributed by atoms with Gasteiger partial charge in [0.25, 0.3) is 0 Å². The Bertz CT molecular complexity index is 420. The maximum atomic E-state index is 12.6. The van der Waals surface area contributed by atoms with Gasteiger partial charge in [0.05, 0.1) is 0 Å². The summed E-state index contributed by atoms with van der Waals surface area (Å²) in [6.45, 7) is 3.27. The first-order valence-corrected chi connectivity index (χ1v) is 6.48. The maximum Gasteiger partial charge on any atom is 0.194 e. The molecule has 1 aromatic rings. The van der Waals surface area contributed by atoms with Gasteiger partial charge in [-0.25, -0.2) is 0 Å². The number of ketones is 1. The van der Waals surface area contributed by atoms with Crippen LogP contribution >= 0.6 is 0 Å². The molecule has 0 spiro atoms. The van der Waals surface area contributed by atoms with Crippen molar-refractivity contribution in [2.24, 2.45) is 0 Å². The van der Waals surface area contributed by atoms with Crippen molar-refractivity contribution in [2.75, 3.05) is 20.3 Å². The molecule has 2 rings (SSSR count). The lowest BCUT2D eigenvalue weighted by atomic mass is 9.85. The minimum atomic E-state index is -0.690. The van der Waals surface area contributed by atoms with Gasteiger partial charge in [0.2, 0.25) is 0 Å². The van der Waals surface area contributed by atoms with E-state index in [0.29, 0.717) is 26.1 Å². The maximum absolute atomic E-state index is 12.6. The van der Waals surface area contributed by atoms with Crippen LogP contribution in [0.5, 0.6) is 0 Å². The molecule has 1 aliphatic heterocycles. The van der Waals surface area contributed by atoms with Crippen LogP contribution in [-0.4, -0.2) is 31.7 Å². The van der Waals surface area contributed by atoms with Crippen molar-refractivity contribution in [1.29, 1.82) is 0 Å². The number of Topliss-reactive ketones (excluding diaryl/α,β-unsaturated/α-hetero) is 1. The molecular formula is C15H20O3. The van der Waals surface area contributed by atoms with Crippen LogP contribution in [0, 0.1) is 0 Å². The Balaban J connectivity index is 2.27. The second-order valence-corrected chi connectivity index (χ2v) is 4.69. The Morgan fingerprint density at radius 2 is 2.11 bits per heavy atom. The zero-order valence-corrected chi connectivity index (χ0v) is 11.1. The molecule has 1 aromatic carbocycles. The summed E-state index contributed by atoms with van der Waals surface area (Å²) < 4.78 is 10.9. The number of aryl methyl sites for hydroxylation is 1. The molecule has 0 aromatic heterocycles. The van der Waals surface area contributed by atoms with Gasteiger partial charge in [-0.15, -0.1) is 0 Å². The smallest absolute Gasteiger partial charge is 0.194 e. The van der Waals surface area contributed by atoms with E-state index in [9.17, 15) is 4.79 Å². The van der Waals surface area contributed by atoms with Crippen LogP contribution in [0.1, 0.15) is 35.7 Å². The van der Waals surface area contributed by atoms with Crippen LogP contribution in [0.2, 0.25) is 0 Å². The molecule has 0 radical (unpaired) electrons. The van der Waals surface area contributed by atoms with Crippen molar-refractivity contribution >= 4 is 5.78 Å². The molecule has 1 aliphatic rings. The fourth-order valence-electron chi connectivity index (χ4n) is 2.42. The molecular weight excluding hydrogens is 228 g/mol. The molecule has 3 heteroatoms. The summed E-state index contributed by atoms with van der Waals surface area (Å²) >= 11 is 0. The first-order chi connectivity index (χ1) is 8.72. The zero-order chi connectivity index (χ0) is 13.0. The van der Waals surface area contributed by atoms with Gasteiger partial charge in [0.1, 0.15) is 5.60 Å². The molecule has 0 atom stereocenters. The Morgan fingerprint density at radius 3 is 2.72 bits per heavy atom. The van der Waals surface area contributed by atoms with E-state index in [1.807, 2.05) is 24.3 Å². The summed E-state index contributed by atoms with van der Waals surface area (Å²) in [5.41, 5.74) is 1.24. The lowest BCUT2D eigenvalue weighted by molar-refractivity contribution is -0.0663. The quantitative estimate of drug-likeness (QED) is 0.768. The normalized spacial score (nSPS) is 18.6. The van der Waals surface area contributed by atoms with Crippen molar-refractivity contribution < 1.29 is 14.3 Å². The fraction of sp³-hybridized carbons (Fsp3) is 0.533. The zero-order valence-electron chi connectivity index (χ0n) is 11.1. The highest BCUT2D eigenvalue weighted by Crippen LogP contribution is 2.29. The number of carbonyl (C=O) groups is 1. The molecule has 0 bridgehead atoms. The lowest BCUT2D eigenvalue weighted by Gasteiger charge is -2.34. The average Bonchev–Trinajstić information content (AvgIpc) is 2.47. The second-order valence-electron chi connectivity index (χ2n) is 4.69. The standard InChI is InChI=1S/C15H20O3/c1-3-12-5-4-6-13(11-12)14(16)15(17-2)7-9-18-10-8-15/h4-6,11H,3,7-10H2,1-2H3. The van der Waals surface area contributed by atoms with Crippen LogP contribution < -0.4 is 0 Å². The van der Waals surface area contributed by atoms with E-state index in [1.54, 1.807) is 7.11 Å². The predicted octanol–water partition coefficient (Wildman–Crippen LogP) is 2.63. The van der Waals surface area contributed by atoms with Crippen LogP contribution in [0.25, 0.3) is 0 Å². The van der Waals surface area contributed by atoms with Crippen LogP contribution in [-0.2, 0) is 15.9 Å². The van der Waals surface area contributed by atoms with Crippen LogP contribution in [0.15, 0.2) is 24.3 Å². The van der Waals surface area contributed by atoms with Crippen LogP contribution in [0.4, 0.5) is 0 Å². The Labute approximate surface area is 108 Å². The van der Waals surface area contributed by atoms with Crippen molar-refractivity contribution in [3.05, 3.63) is 35.4 Å². The summed E-state index contributed by atoms with van der Waals surface area (Å²) in [7, 11) is 1.62. The fourth-order valence-corrected chi connectivity index (χ4v) is 2.42. The topological polar surface area (TPSA) is 35.5 Å². The number of methoxy groups -OCH3 is 1. The van der Waals surface area contributed by atoms with Gasteiger partial charge >= 0.3 is 0 Å². The van der Waals surface area contributed by atoms with E-state index in [0.717, 1.165) is 12.0 Å². The number of benzene rings is 1. The first-order valence-electron chi connectivity index (χ1n) is 6.48. The number of rotatable bonds is 4. The highest BCUT2D eigenvalue weighted by atomic mass is 16.5. The summed E-state index contributed by atoms with van der Waals surface area (Å²) in [4.78, 5) is 12.6. The van der Waals surface area contributed by atoms with E-state index in [1.165, 1.54) is 5.56 Å². The van der Waals surface area contributed by atoms with E-state index in [-0.39, 0.29) is 5.78 Å². The molecule has 0 N–H and O–H groups in total. The summed E-state index contributed by atoms with van der Waals surface area (Å²) in [6, 6.07) is 7.82. The highest BCUT2D eigenvalue weighted by Gasteiger charge is 2.40. The third-order valence-electron chi connectivity index (χ3n) is 3.70. The molecule has 98 valence electrons. The molecule has 1 heterocycles. The van der Waals surface area contributed by atoms with Gasteiger partial charge in [0, 0.05) is 38.7 Å². The van der Waals surface area contributed by atoms with Crippen molar-refractivity contribution in [3.8, 4) is 0 Å². The van der Waals surface area contributed by atoms with Gasteiger partial charge in [-0.1, -0.05) is 25.1 Å². The Morgan fingerprint density at radius 1 is 1.39 bits per heavy atom. The number of ether oxygens (including phenoxy) is 2. The molecule has 1 saturated heterocycles. The number of carbonyl (C=O) groups excluding carboxylic acids is 1. The van der Waals surface area contributed by atoms with Gasteiger partial charge in [-0.3, -0.25) is 4.79 Å². The second kappa shape index (κ2) is 5.63. The third-order valence-corrected chi connectivity index (χ3v) is 3.70. The Hall–Kier alpha value is -1.19. The third kappa shape index (κ3) is 2.47. The summed E-state index contributed by atoms with van der Waals surface area (Å²) in [5, 5.41) is 0. The molecule has 18 heavy (non-hydrogen) atoms. The molecule has 1 fully saturated rings. The predicted molar refractivity (Wildman–Crippen MR) is 69.9 cm³/mol. The Kier molecular flexibility index (Phi) is 4.15. The SMILES string of the molecule is CCc1cccc(C(=O)C2(OC)CCOCC2)c1. The van der Waals surface area contributed by atoms with E-state index < -0.39 is 5.60 Å². The van der Waals surface area contributed by atoms with Crippen molar-refractivity contribution in [3.63, 3.8) is 0 Å². The summed E-state index contributed by atoms with van der Waals surface area (Å²) in [6.07, 6.45) is 2.21. The first kappa shape index (κ1) is 13.2. The number of hydrogen-bond donors (Lipinski definition) is 0. The van der Waals surface area contributed by atoms with E-state index >= 15 is 0 Å². The van der Waals surface area contributed by atoms with Gasteiger partial charge in [-0.05, 0) is 18.1 Å². The lowest BCUT2D eigenvalue weighted by Crippen LogP contribution is -2.45. The van der Waals surface area contributed by atoms with Crippen LogP contribution in [0.3, 0.4) is 0 Å². The highest BCUT2D eigenvalue weighted by molar-refractivity contribution is 6.02. The number of hydrogen-bond acceptors (Lipinski definition) is 3. The average molecular weight is 248 g/mol. The minimum Gasteiger partial charge on any atom is -0.381 e. The molecule has 0 unspecified atom stereocenters. The molecule has 0 amide bonds. The van der Waals surface area contributed by atoms with Gasteiger partial charge in [0.15, 0.2) is 5.78 Å². The monoisotopic (exact) mass is 248 g/mol.